The molecule has 1 atom stereocenters. The molecule has 20 heavy (non-hydrogen) atoms. The quantitative estimate of drug-likeness (QED) is 0.907. The molecule has 1 heterocycles. The molecule has 2 rings (SSSR count). The zero-order valence-electron chi connectivity index (χ0n) is 11.7. The van der Waals surface area contributed by atoms with E-state index in [0.29, 0.717) is 5.02 Å². The number of hydrogen-bond acceptors (Lipinski definition) is 4. The Morgan fingerprint density at radius 1 is 1.20 bits per heavy atom. The zero-order valence-corrected chi connectivity index (χ0v) is 12.4. The number of nitrogens with one attached hydrogen (secondary N) is 1. The van der Waals surface area contributed by atoms with E-state index in [1.807, 2.05) is 25.1 Å². The first-order valence-corrected chi connectivity index (χ1v) is 6.61. The zero-order chi connectivity index (χ0) is 14.5. The van der Waals surface area contributed by atoms with Crippen molar-refractivity contribution < 1.29 is 9.47 Å². The highest BCUT2D eigenvalue weighted by molar-refractivity contribution is 6.33. The van der Waals surface area contributed by atoms with Gasteiger partial charge >= 0.3 is 0 Å². The molecule has 0 radical (unpaired) electrons. The fourth-order valence-electron chi connectivity index (χ4n) is 1.97. The number of aromatic nitrogens is 1. The molecule has 0 fully saturated rings. The highest BCUT2D eigenvalue weighted by Crippen LogP contribution is 2.32. The van der Waals surface area contributed by atoms with E-state index in [0.717, 1.165) is 22.7 Å². The molecule has 106 valence electrons. The van der Waals surface area contributed by atoms with Crippen LogP contribution in [-0.4, -0.2) is 19.2 Å². The summed E-state index contributed by atoms with van der Waals surface area (Å²) in [5, 5.41) is 3.96. The molecule has 0 amide bonds. The van der Waals surface area contributed by atoms with Crippen LogP contribution in [0.4, 0.5) is 5.69 Å². The Morgan fingerprint density at radius 2 is 2.00 bits per heavy atom. The number of methoxy groups -OCH3 is 2. The average molecular weight is 293 g/mol. The molecule has 1 aromatic heterocycles. The van der Waals surface area contributed by atoms with Gasteiger partial charge in [0.1, 0.15) is 11.5 Å². The number of anilines is 1. The third-order valence-corrected chi connectivity index (χ3v) is 3.38. The van der Waals surface area contributed by atoms with Gasteiger partial charge in [0.05, 0.1) is 37.2 Å². The molecule has 4 nitrogen and oxygen atoms in total. The molecule has 0 aliphatic heterocycles. The van der Waals surface area contributed by atoms with Crippen molar-refractivity contribution >= 4 is 17.3 Å². The van der Waals surface area contributed by atoms with E-state index in [9.17, 15) is 0 Å². The van der Waals surface area contributed by atoms with Gasteiger partial charge in [-0.25, -0.2) is 0 Å². The molecule has 0 saturated carbocycles. The smallest absolute Gasteiger partial charge is 0.127 e. The van der Waals surface area contributed by atoms with E-state index < -0.39 is 0 Å². The summed E-state index contributed by atoms with van der Waals surface area (Å²) in [6.07, 6.45) is 3.36. The number of pyridine rings is 1. The van der Waals surface area contributed by atoms with Gasteiger partial charge in [-0.15, -0.1) is 0 Å². The van der Waals surface area contributed by atoms with Gasteiger partial charge in [0.2, 0.25) is 0 Å². The van der Waals surface area contributed by atoms with Crippen LogP contribution in [0, 0.1) is 0 Å². The van der Waals surface area contributed by atoms with E-state index in [4.69, 9.17) is 21.1 Å². The molecule has 0 aliphatic rings. The third-order valence-electron chi connectivity index (χ3n) is 3.05. The maximum absolute atomic E-state index is 6.12. The highest BCUT2D eigenvalue weighted by atomic mass is 35.5. The Hall–Kier alpha value is -1.94. The fourth-order valence-corrected chi connectivity index (χ4v) is 2.13. The number of halogens is 1. The minimum absolute atomic E-state index is 0.0255. The van der Waals surface area contributed by atoms with E-state index in [-0.39, 0.29) is 6.04 Å². The summed E-state index contributed by atoms with van der Waals surface area (Å²) in [5.74, 6) is 1.53. The van der Waals surface area contributed by atoms with Gasteiger partial charge in [-0.1, -0.05) is 11.6 Å². The lowest BCUT2D eigenvalue weighted by Crippen LogP contribution is -2.09. The summed E-state index contributed by atoms with van der Waals surface area (Å²) in [6, 6.07) is 7.51. The minimum atomic E-state index is 0.0255. The van der Waals surface area contributed by atoms with Crippen molar-refractivity contribution in [3.63, 3.8) is 0 Å². The molecular weight excluding hydrogens is 276 g/mol. The summed E-state index contributed by atoms with van der Waals surface area (Å²) in [5.41, 5.74) is 1.81. The molecular formula is C15H17ClN2O2. The highest BCUT2D eigenvalue weighted by Gasteiger charge is 2.13. The third kappa shape index (κ3) is 3.14. The first-order valence-electron chi connectivity index (χ1n) is 6.23. The topological polar surface area (TPSA) is 43.4 Å². The molecule has 0 bridgehead atoms. The number of ether oxygens (including phenoxy) is 2. The Balaban J connectivity index is 2.25. The SMILES string of the molecule is COc1ccc(C(C)Nc2cnccc2Cl)c(OC)c1. The molecule has 1 unspecified atom stereocenters. The normalized spacial score (nSPS) is 11.8. The van der Waals surface area contributed by atoms with E-state index >= 15 is 0 Å². The van der Waals surface area contributed by atoms with Gasteiger partial charge in [-0.05, 0) is 25.1 Å². The summed E-state index contributed by atoms with van der Waals surface area (Å²) in [7, 11) is 3.27. The van der Waals surface area contributed by atoms with Crippen molar-refractivity contribution in [3.8, 4) is 11.5 Å². The van der Waals surface area contributed by atoms with Gasteiger partial charge in [0.15, 0.2) is 0 Å². The maximum atomic E-state index is 6.12. The first-order chi connectivity index (χ1) is 9.65. The molecule has 2 aromatic rings. The standard InChI is InChI=1S/C15H17ClN2O2/c1-10(18-14-9-17-7-6-13(14)16)12-5-4-11(19-2)8-15(12)20-3/h4-10,18H,1-3H3. The van der Waals surface area contributed by atoms with Gasteiger partial charge in [0, 0.05) is 17.8 Å². The van der Waals surface area contributed by atoms with Crippen molar-refractivity contribution in [1.29, 1.82) is 0 Å². The Bertz CT molecular complexity index is 590. The second-order valence-electron chi connectivity index (χ2n) is 4.33. The molecule has 1 aromatic carbocycles. The van der Waals surface area contributed by atoms with E-state index in [1.165, 1.54) is 0 Å². The fraction of sp³-hybridized carbons (Fsp3) is 0.267. The van der Waals surface area contributed by atoms with E-state index in [2.05, 4.69) is 10.3 Å². The van der Waals surface area contributed by atoms with Crippen LogP contribution < -0.4 is 14.8 Å². The molecule has 0 spiro atoms. The number of benzene rings is 1. The summed E-state index contributed by atoms with van der Waals surface area (Å²) >= 11 is 6.12. The Labute approximate surface area is 123 Å². The van der Waals surface area contributed by atoms with Crippen LogP contribution in [0.2, 0.25) is 5.02 Å². The van der Waals surface area contributed by atoms with Crippen molar-refractivity contribution in [3.05, 3.63) is 47.2 Å². The number of nitrogens with zero attached hydrogens (tertiary/aromatic N) is 1. The lowest BCUT2D eigenvalue weighted by Gasteiger charge is -2.19. The van der Waals surface area contributed by atoms with Gasteiger partial charge in [-0.3, -0.25) is 4.98 Å². The maximum Gasteiger partial charge on any atom is 0.127 e. The van der Waals surface area contributed by atoms with E-state index in [1.54, 1.807) is 32.7 Å². The number of hydrogen-bond donors (Lipinski definition) is 1. The summed E-state index contributed by atoms with van der Waals surface area (Å²) in [6.45, 7) is 2.04. The average Bonchev–Trinajstić information content (AvgIpc) is 2.48. The minimum Gasteiger partial charge on any atom is -0.497 e. The van der Waals surface area contributed by atoms with Crippen LogP contribution in [0.25, 0.3) is 0 Å². The van der Waals surface area contributed by atoms with Crippen LogP contribution in [0.1, 0.15) is 18.5 Å². The lowest BCUT2D eigenvalue weighted by atomic mass is 10.1. The predicted octanol–water partition coefficient (Wildman–Crippen LogP) is 3.93. The van der Waals surface area contributed by atoms with Crippen LogP contribution in [0.3, 0.4) is 0 Å². The van der Waals surface area contributed by atoms with Crippen LogP contribution >= 0.6 is 11.6 Å². The van der Waals surface area contributed by atoms with Gasteiger partial charge in [-0.2, -0.15) is 0 Å². The first kappa shape index (κ1) is 14.5. The van der Waals surface area contributed by atoms with Crippen molar-refractivity contribution in [2.75, 3.05) is 19.5 Å². The monoisotopic (exact) mass is 292 g/mol. The second kappa shape index (κ2) is 6.48. The second-order valence-corrected chi connectivity index (χ2v) is 4.74. The summed E-state index contributed by atoms with van der Waals surface area (Å²) < 4.78 is 10.6. The molecule has 0 saturated heterocycles. The number of rotatable bonds is 5. The summed E-state index contributed by atoms with van der Waals surface area (Å²) in [4.78, 5) is 4.06. The predicted molar refractivity (Wildman–Crippen MR) is 80.8 cm³/mol. The van der Waals surface area contributed by atoms with Gasteiger partial charge in [0.25, 0.3) is 0 Å². The van der Waals surface area contributed by atoms with Crippen molar-refractivity contribution in [2.45, 2.75) is 13.0 Å². The lowest BCUT2D eigenvalue weighted by molar-refractivity contribution is 0.390. The molecule has 0 aliphatic carbocycles. The van der Waals surface area contributed by atoms with Gasteiger partial charge < -0.3 is 14.8 Å². The van der Waals surface area contributed by atoms with Crippen LogP contribution in [0.15, 0.2) is 36.7 Å². The molecule has 1 N–H and O–H groups in total. The van der Waals surface area contributed by atoms with Crippen LogP contribution in [-0.2, 0) is 0 Å². The Morgan fingerprint density at radius 3 is 2.65 bits per heavy atom. The van der Waals surface area contributed by atoms with Crippen molar-refractivity contribution in [1.82, 2.24) is 4.98 Å². The Kier molecular flexibility index (Phi) is 4.69. The van der Waals surface area contributed by atoms with Crippen molar-refractivity contribution in [2.24, 2.45) is 0 Å². The van der Waals surface area contributed by atoms with Crippen LogP contribution in [0.5, 0.6) is 11.5 Å². The largest absolute Gasteiger partial charge is 0.497 e. The molecule has 5 heteroatoms.